The van der Waals surface area contributed by atoms with E-state index in [4.69, 9.17) is 9.47 Å². The number of ether oxygens (including phenoxy) is 2. The van der Waals surface area contributed by atoms with Gasteiger partial charge in [-0.1, -0.05) is 18.2 Å². The molecule has 1 aliphatic rings. The zero-order valence-electron chi connectivity index (χ0n) is 16.7. The van der Waals surface area contributed by atoms with E-state index in [0.29, 0.717) is 30.0 Å². The van der Waals surface area contributed by atoms with Crippen LogP contribution in [0.4, 0.5) is 11.6 Å². The number of hydrogen-bond acceptors (Lipinski definition) is 6. The first kappa shape index (κ1) is 18.9. The van der Waals surface area contributed by atoms with Crippen LogP contribution in [0, 0.1) is 6.92 Å². The highest BCUT2D eigenvalue weighted by atomic mass is 16.5. The number of anilines is 2. The largest absolute Gasteiger partial charge is 0.497 e. The van der Waals surface area contributed by atoms with Gasteiger partial charge in [0.25, 0.3) is 0 Å². The monoisotopic (exact) mass is 389 g/mol. The Labute approximate surface area is 169 Å². The highest BCUT2D eigenvalue weighted by Crippen LogP contribution is 2.37. The molecule has 0 saturated carbocycles. The van der Waals surface area contributed by atoms with Gasteiger partial charge in [0, 0.05) is 18.0 Å². The summed E-state index contributed by atoms with van der Waals surface area (Å²) < 4.78 is 10.7. The number of fused-ring (bicyclic) bond motifs is 1. The van der Waals surface area contributed by atoms with Crippen LogP contribution in [0.25, 0.3) is 0 Å². The van der Waals surface area contributed by atoms with E-state index in [1.807, 2.05) is 55.5 Å². The van der Waals surface area contributed by atoms with E-state index >= 15 is 0 Å². The van der Waals surface area contributed by atoms with Crippen LogP contribution in [0.5, 0.6) is 11.5 Å². The SMILES string of the molecule is COc1ccc(Nc2nc(C)c3c(n2)C[C@@H](c2ccccc2OC)CC3=O)cc1. The van der Waals surface area contributed by atoms with Gasteiger partial charge >= 0.3 is 0 Å². The number of nitrogens with one attached hydrogen (secondary N) is 1. The molecule has 1 heterocycles. The lowest BCUT2D eigenvalue weighted by Gasteiger charge is -2.25. The lowest BCUT2D eigenvalue weighted by atomic mass is 9.81. The summed E-state index contributed by atoms with van der Waals surface area (Å²) in [6.07, 6.45) is 1.10. The third kappa shape index (κ3) is 3.78. The molecule has 29 heavy (non-hydrogen) atoms. The molecule has 0 radical (unpaired) electrons. The number of benzene rings is 2. The van der Waals surface area contributed by atoms with Crippen molar-refractivity contribution in [3.63, 3.8) is 0 Å². The number of nitrogens with zero attached hydrogens (tertiary/aromatic N) is 2. The summed E-state index contributed by atoms with van der Waals surface area (Å²) >= 11 is 0. The standard InChI is InChI=1S/C23H23N3O3/c1-14-22-19(26-23(24-14)25-16-8-10-17(28-2)11-9-16)12-15(13-20(22)27)18-6-4-5-7-21(18)29-3/h4-11,15H,12-13H2,1-3H3,(H,24,25,26)/t15-/m1/s1. The van der Waals surface area contributed by atoms with Crippen molar-refractivity contribution < 1.29 is 14.3 Å². The number of rotatable bonds is 5. The number of methoxy groups -OCH3 is 2. The fourth-order valence-electron chi connectivity index (χ4n) is 3.86. The third-order valence-electron chi connectivity index (χ3n) is 5.24. The molecule has 0 unspecified atom stereocenters. The Balaban J connectivity index is 1.65. The highest BCUT2D eigenvalue weighted by Gasteiger charge is 2.31. The predicted molar refractivity (Wildman–Crippen MR) is 111 cm³/mol. The van der Waals surface area contributed by atoms with E-state index in [1.165, 1.54) is 0 Å². The van der Waals surface area contributed by atoms with Gasteiger partial charge < -0.3 is 14.8 Å². The summed E-state index contributed by atoms with van der Waals surface area (Å²) in [4.78, 5) is 22.1. The van der Waals surface area contributed by atoms with Crippen LogP contribution in [0.15, 0.2) is 48.5 Å². The highest BCUT2D eigenvalue weighted by molar-refractivity contribution is 6.00. The minimum Gasteiger partial charge on any atom is -0.497 e. The molecule has 6 heteroatoms. The average Bonchev–Trinajstić information content (AvgIpc) is 2.73. The zero-order chi connectivity index (χ0) is 20.4. The first-order valence-electron chi connectivity index (χ1n) is 9.53. The summed E-state index contributed by atoms with van der Waals surface area (Å²) in [7, 11) is 3.29. The summed E-state index contributed by atoms with van der Waals surface area (Å²) in [5.41, 5.74) is 4.02. The minimum absolute atomic E-state index is 0.0364. The molecule has 1 atom stereocenters. The van der Waals surface area contributed by atoms with Gasteiger partial charge in [-0.25, -0.2) is 9.97 Å². The number of carbonyl (C=O) groups is 1. The molecule has 4 rings (SSSR count). The summed E-state index contributed by atoms with van der Waals surface area (Å²) in [6.45, 7) is 1.86. The smallest absolute Gasteiger partial charge is 0.227 e. The van der Waals surface area contributed by atoms with Crippen molar-refractivity contribution in [3.8, 4) is 11.5 Å². The fraction of sp³-hybridized carbons (Fsp3) is 0.261. The van der Waals surface area contributed by atoms with Gasteiger partial charge in [0.1, 0.15) is 11.5 Å². The Morgan fingerprint density at radius 2 is 1.72 bits per heavy atom. The van der Waals surface area contributed by atoms with Crippen LogP contribution >= 0.6 is 0 Å². The molecular formula is C23H23N3O3. The van der Waals surface area contributed by atoms with E-state index in [9.17, 15) is 4.79 Å². The van der Waals surface area contributed by atoms with Crippen LogP contribution in [-0.4, -0.2) is 30.0 Å². The molecule has 0 aliphatic heterocycles. The average molecular weight is 389 g/mol. The molecule has 1 aromatic heterocycles. The number of ketones is 1. The van der Waals surface area contributed by atoms with Crippen molar-refractivity contribution in [2.75, 3.05) is 19.5 Å². The number of para-hydroxylation sites is 1. The van der Waals surface area contributed by atoms with Gasteiger partial charge in [-0.15, -0.1) is 0 Å². The summed E-state index contributed by atoms with van der Waals surface area (Å²) in [5.74, 6) is 2.18. The van der Waals surface area contributed by atoms with Crippen molar-refractivity contribution in [3.05, 3.63) is 71.0 Å². The van der Waals surface area contributed by atoms with E-state index in [2.05, 4.69) is 15.3 Å². The zero-order valence-corrected chi connectivity index (χ0v) is 16.7. The molecule has 1 aliphatic carbocycles. The van der Waals surface area contributed by atoms with E-state index < -0.39 is 0 Å². The lowest BCUT2D eigenvalue weighted by molar-refractivity contribution is 0.0961. The number of aryl methyl sites for hydroxylation is 1. The van der Waals surface area contributed by atoms with Crippen LogP contribution in [0.1, 0.15) is 39.6 Å². The van der Waals surface area contributed by atoms with Crippen molar-refractivity contribution in [1.29, 1.82) is 0 Å². The molecule has 0 amide bonds. The second-order valence-electron chi connectivity index (χ2n) is 7.08. The quantitative estimate of drug-likeness (QED) is 0.695. The number of Topliss-reactive ketones (excluding diaryl/α,β-unsaturated/α-hetero) is 1. The normalized spacial score (nSPS) is 15.6. The second kappa shape index (κ2) is 7.91. The molecule has 148 valence electrons. The van der Waals surface area contributed by atoms with Crippen LogP contribution in [0.3, 0.4) is 0 Å². The van der Waals surface area contributed by atoms with Gasteiger partial charge in [-0.05, 0) is 49.2 Å². The molecule has 3 aromatic rings. The Morgan fingerprint density at radius 3 is 2.45 bits per heavy atom. The first-order valence-corrected chi connectivity index (χ1v) is 9.53. The van der Waals surface area contributed by atoms with Crippen molar-refractivity contribution >= 4 is 17.4 Å². The first-order chi connectivity index (χ1) is 14.1. The van der Waals surface area contributed by atoms with Crippen molar-refractivity contribution in [2.45, 2.75) is 25.7 Å². The number of hydrogen-bond donors (Lipinski definition) is 1. The summed E-state index contributed by atoms with van der Waals surface area (Å²) in [5, 5.41) is 3.22. The van der Waals surface area contributed by atoms with Crippen LogP contribution < -0.4 is 14.8 Å². The maximum absolute atomic E-state index is 12.9. The maximum Gasteiger partial charge on any atom is 0.227 e. The molecule has 0 bridgehead atoms. The molecule has 1 N–H and O–H groups in total. The number of aromatic nitrogens is 2. The Kier molecular flexibility index (Phi) is 5.16. The predicted octanol–water partition coefficient (Wildman–Crippen LogP) is 4.46. The molecule has 6 nitrogen and oxygen atoms in total. The Morgan fingerprint density at radius 1 is 0.966 bits per heavy atom. The Bertz CT molecular complexity index is 1050. The third-order valence-corrected chi connectivity index (χ3v) is 5.24. The molecule has 2 aromatic carbocycles. The van der Waals surface area contributed by atoms with Gasteiger partial charge in [-0.3, -0.25) is 4.79 Å². The lowest BCUT2D eigenvalue weighted by Crippen LogP contribution is -2.23. The number of carbonyl (C=O) groups excluding carboxylic acids is 1. The molecular weight excluding hydrogens is 366 g/mol. The topological polar surface area (TPSA) is 73.3 Å². The van der Waals surface area contributed by atoms with Gasteiger partial charge in [-0.2, -0.15) is 0 Å². The molecule has 0 spiro atoms. The van der Waals surface area contributed by atoms with Gasteiger partial charge in [0.05, 0.1) is 31.2 Å². The maximum atomic E-state index is 12.9. The van der Waals surface area contributed by atoms with E-state index in [0.717, 1.165) is 28.4 Å². The second-order valence-corrected chi connectivity index (χ2v) is 7.08. The summed E-state index contributed by atoms with van der Waals surface area (Å²) in [6, 6.07) is 15.4. The molecule has 0 saturated heterocycles. The Hall–Kier alpha value is -3.41. The fourth-order valence-corrected chi connectivity index (χ4v) is 3.86. The van der Waals surface area contributed by atoms with Gasteiger partial charge in [0.2, 0.25) is 5.95 Å². The van der Waals surface area contributed by atoms with Crippen LogP contribution in [-0.2, 0) is 6.42 Å². The van der Waals surface area contributed by atoms with Crippen LogP contribution in [0.2, 0.25) is 0 Å². The van der Waals surface area contributed by atoms with E-state index in [1.54, 1.807) is 14.2 Å². The van der Waals surface area contributed by atoms with Crippen molar-refractivity contribution in [1.82, 2.24) is 9.97 Å². The van der Waals surface area contributed by atoms with Gasteiger partial charge in [0.15, 0.2) is 5.78 Å². The molecule has 0 fully saturated rings. The minimum atomic E-state index is 0.0364. The van der Waals surface area contributed by atoms with E-state index in [-0.39, 0.29) is 11.7 Å². The van der Waals surface area contributed by atoms with Crippen molar-refractivity contribution in [2.24, 2.45) is 0 Å².